The summed E-state index contributed by atoms with van der Waals surface area (Å²) >= 11 is 0. The summed E-state index contributed by atoms with van der Waals surface area (Å²) in [6, 6.07) is 0.120. The summed E-state index contributed by atoms with van der Waals surface area (Å²) in [5.74, 6) is -9.43. The van der Waals surface area contributed by atoms with Crippen LogP contribution in [-0.2, 0) is 6.54 Å². The minimum atomic E-state index is -2.12. The monoisotopic (exact) mass is 237 g/mol. The largest absolute Gasteiger partial charge is 0.310 e. The molecule has 0 spiro atoms. The van der Waals surface area contributed by atoms with Gasteiger partial charge in [0.25, 0.3) is 0 Å². The van der Waals surface area contributed by atoms with E-state index >= 15 is 0 Å². The lowest BCUT2D eigenvalue weighted by molar-refractivity contribution is 0.367. The minimum Gasteiger partial charge on any atom is -0.310 e. The van der Waals surface area contributed by atoms with Crippen LogP contribution in [0, 0.1) is 29.1 Å². The predicted octanol–water partition coefficient (Wildman–Crippen LogP) is 2.63. The van der Waals surface area contributed by atoms with Crippen molar-refractivity contribution in [3.05, 3.63) is 34.6 Å². The van der Waals surface area contributed by atoms with Gasteiger partial charge in [0.1, 0.15) is 0 Å². The van der Waals surface area contributed by atoms with Crippen molar-refractivity contribution in [1.82, 2.24) is 5.32 Å². The van der Waals surface area contributed by atoms with Crippen LogP contribution in [0.25, 0.3) is 0 Å². The van der Waals surface area contributed by atoms with Gasteiger partial charge in [-0.1, -0.05) is 0 Å². The van der Waals surface area contributed by atoms with Crippen molar-refractivity contribution in [3.63, 3.8) is 0 Å². The number of benzene rings is 1. The van der Waals surface area contributed by atoms with Crippen molar-refractivity contribution in [2.45, 2.75) is 25.4 Å². The van der Waals surface area contributed by atoms with Crippen LogP contribution in [0.5, 0.6) is 0 Å². The van der Waals surface area contributed by atoms with E-state index in [0.29, 0.717) is 0 Å². The van der Waals surface area contributed by atoms with Gasteiger partial charge >= 0.3 is 0 Å². The minimum absolute atomic E-state index is 0.120. The van der Waals surface area contributed by atoms with Crippen molar-refractivity contribution in [1.29, 1.82) is 0 Å². The third kappa shape index (κ3) is 1.89. The average molecular weight is 237 g/mol. The van der Waals surface area contributed by atoms with E-state index in [2.05, 4.69) is 5.32 Å². The highest BCUT2D eigenvalue weighted by molar-refractivity contribution is 5.24. The molecule has 1 nitrogen and oxygen atoms in total. The second-order valence-electron chi connectivity index (χ2n) is 3.70. The first-order valence-corrected chi connectivity index (χ1v) is 4.76. The van der Waals surface area contributed by atoms with Crippen LogP contribution in [-0.4, -0.2) is 6.04 Å². The lowest BCUT2D eigenvalue weighted by Crippen LogP contribution is -2.19. The molecule has 16 heavy (non-hydrogen) atoms. The highest BCUT2D eigenvalue weighted by Crippen LogP contribution is 2.24. The topological polar surface area (TPSA) is 12.0 Å². The Balaban J connectivity index is 2.34. The molecule has 1 aliphatic rings. The molecule has 0 amide bonds. The van der Waals surface area contributed by atoms with Gasteiger partial charge in [0, 0.05) is 18.2 Å². The van der Waals surface area contributed by atoms with Crippen LogP contribution in [0.2, 0.25) is 0 Å². The molecule has 1 aromatic rings. The maximum absolute atomic E-state index is 13.1. The van der Waals surface area contributed by atoms with E-state index < -0.39 is 34.6 Å². The fourth-order valence-electron chi connectivity index (χ4n) is 1.34. The standard InChI is InChI=1S/C10H8F5N/c11-6-5(3-16-4-1-2-4)7(12)9(14)10(15)8(6)13/h4,16H,1-3H2. The highest BCUT2D eigenvalue weighted by atomic mass is 19.2. The van der Waals surface area contributed by atoms with E-state index in [1.165, 1.54) is 0 Å². The summed E-state index contributed by atoms with van der Waals surface area (Å²) in [4.78, 5) is 0. The van der Waals surface area contributed by atoms with Gasteiger partial charge in [0.15, 0.2) is 23.3 Å². The Morgan fingerprint density at radius 2 is 1.25 bits per heavy atom. The second-order valence-corrected chi connectivity index (χ2v) is 3.70. The predicted molar refractivity (Wildman–Crippen MR) is 46.1 cm³/mol. The number of hydrogen-bond acceptors (Lipinski definition) is 1. The average Bonchev–Trinajstić information content (AvgIpc) is 3.07. The molecule has 0 saturated heterocycles. The zero-order valence-corrected chi connectivity index (χ0v) is 8.09. The number of rotatable bonds is 3. The van der Waals surface area contributed by atoms with Crippen LogP contribution in [0.1, 0.15) is 18.4 Å². The molecule has 1 fully saturated rings. The molecule has 0 bridgehead atoms. The summed E-state index contributed by atoms with van der Waals surface area (Å²) in [7, 11) is 0. The van der Waals surface area contributed by atoms with E-state index in [9.17, 15) is 22.0 Å². The molecule has 0 atom stereocenters. The quantitative estimate of drug-likeness (QED) is 0.484. The van der Waals surface area contributed by atoms with E-state index in [4.69, 9.17) is 0 Å². The van der Waals surface area contributed by atoms with Gasteiger partial charge in [0.2, 0.25) is 5.82 Å². The molecular formula is C10H8F5N. The molecule has 0 aromatic heterocycles. The van der Waals surface area contributed by atoms with Crippen molar-refractivity contribution in [2.24, 2.45) is 0 Å². The van der Waals surface area contributed by atoms with Crippen LogP contribution in [0.15, 0.2) is 0 Å². The first kappa shape index (κ1) is 11.3. The molecule has 2 rings (SSSR count). The number of hydrogen-bond donors (Lipinski definition) is 1. The van der Waals surface area contributed by atoms with Gasteiger partial charge in [-0.2, -0.15) is 0 Å². The molecule has 1 saturated carbocycles. The van der Waals surface area contributed by atoms with Gasteiger partial charge < -0.3 is 5.32 Å². The molecule has 1 aliphatic carbocycles. The normalized spacial score (nSPS) is 15.6. The smallest absolute Gasteiger partial charge is 0.200 e. The zero-order chi connectivity index (χ0) is 11.9. The molecule has 1 N–H and O–H groups in total. The van der Waals surface area contributed by atoms with Crippen molar-refractivity contribution in [2.75, 3.05) is 0 Å². The SMILES string of the molecule is Fc1c(F)c(F)c(CNC2CC2)c(F)c1F. The van der Waals surface area contributed by atoms with Crippen molar-refractivity contribution >= 4 is 0 Å². The summed E-state index contributed by atoms with van der Waals surface area (Å²) in [5, 5.41) is 2.69. The van der Waals surface area contributed by atoms with Gasteiger partial charge in [-0.3, -0.25) is 0 Å². The fourth-order valence-corrected chi connectivity index (χ4v) is 1.34. The molecule has 0 heterocycles. The molecule has 0 unspecified atom stereocenters. The number of halogens is 5. The summed E-state index contributed by atoms with van der Waals surface area (Å²) < 4.78 is 64.4. The van der Waals surface area contributed by atoms with Crippen molar-refractivity contribution < 1.29 is 22.0 Å². The van der Waals surface area contributed by atoms with Crippen LogP contribution in [0.3, 0.4) is 0 Å². The lowest BCUT2D eigenvalue weighted by Gasteiger charge is -2.08. The summed E-state index contributed by atoms with van der Waals surface area (Å²) in [6.07, 6.45) is 1.71. The molecule has 0 radical (unpaired) electrons. The van der Waals surface area contributed by atoms with Gasteiger partial charge in [-0.15, -0.1) is 0 Å². The van der Waals surface area contributed by atoms with E-state index in [1.807, 2.05) is 0 Å². The Morgan fingerprint density at radius 1 is 0.812 bits per heavy atom. The molecule has 1 aromatic carbocycles. The molecular weight excluding hydrogens is 229 g/mol. The van der Waals surface area contributed by atoms with Crippen LogP contribution in [0.4, 0.5) is 22.0 Å². The molecule has 0 aliphatic heterocycles. The zero-order valence-electron chi connectivity index (χ0n) is 8.09. The van der Waals surface area contributed by atoms with Crippen molar-refractivity contribution in [3.8, 4) is 0 Å². The van der Waals surface area contributed by atoms with Gasteiger partial charge in [0.05, 0.1) is 0 Å². The summed E-state index contributed by atoms with van der Waals surface area (Å²) in [6.45, 7) is -0.351. The Morgan fingerprint density at radius 3 is 1.69 bits per heavy atom. The van der Waals surface area contributed by atoms with E-state index in [0.717, 1.165) is 12.8 Å². The summed E-state index contributed by atoms with van der Waals surface area (Å²) in [5.41, 5.74) is -0.802. The Bertz CT molecular complexity index is 399. The maximum atomic E-state index is 13.1. The molecule has 88 valence electrons. The van der Waals surface area contributed by atoms with Crippen LogP contribution >= 0.6 is 0 Å². The van der Waals surface area contributed by atoms with Crippen LogP contribution < -0.4 is 5.32 Å². The maximum Gasteiger partial charge on any atom is 0.200 e. The molecule has 6 heteroatoms. The number of nitrogens with one attached hydrogen (secondary N) is 1. The Kier molecular flexibility index (Phi) is 2.84. The fraction of sp³-hybridized carbons (Fsp3) is 0.400. The van der Waals surface area contributed by atoms with E-state index in [1.54, 1.807) is 0 Å². The third-order valence-electron chi connectivity index (χ3n) is 2.45. The second kappa shape index (κ2) is 4.01. The Hall–Kier alpha value is -1.17. The third-order valence-corrected chi connectivity index (χ3v) is 2.45. The first-order chi connectivity index (χ1) is 7.52. The lowest BCUT2D eigenvalue weighted by atomic mass is 10.1. The highest BCUT2D eigenvalue weighted by Gasteiger charge is 2.27. The van der Waals surface area contributed by atoms with Gasteiger partial charge in [-0.25, -0.2) is 22.0 Å². The van der Waals surface area contributed by atoms with E-state index in [-0.39, 0.29) is 12.6 Å². The van der Waals surface area contributed by atoms with Gasteiger partial charge in [-0.05, 0) is 12.8 Å². The Labute approximate surface area is 88.3 Å². The first-order valence-electron chi connectivity index (χ1n) is 4.76.